The number of halogens is 2. The second-order valence-electron chi connectivity index (χ2n) is 13.9. The molecule has 1 N–H and O–H groups in total. The number of carbonyl (C=O) groups is 2. The monoisotopic (exact) mass is 671 g/mol. The summed E-state index contributed by atoms with van der Waals surface area (Å²) in [5, 5.41) is -0.757. The number of hydrogen-bond acceptors (Lipinski definition) is 8. The van der Waals surface area contributed by atoms with Gasteiger partial charge in [-0.25, -0.2) is 22.5 Å². The van der Waals surface area contributed by atoms with Crippen LogP contribution in [0.3, 0.4) is 0 Å². The van der Waals surface area contributed by atoms with Gasteiger partial charge in [-0.15, -0.1) is 0 Å². The summed E-state index contributed by atoms with van der Waals surface area (Å²) < 4.78 is 56.8. The molecule has 1 spiro atoms. The third-order valence-electron chi connectivity index (χ3n) is 11.2. The molecule has 0 saturated heterocycles. The van der Waals surface area contributed by atoms with Crippen LogP contribution in [0.5, 0.6) is 5.75 Å². The Hall–Kier alpha value is -3.18. The molecule has 4 bridgehead atoms. The lowest BCUT2D eigenvalue weighted by Crippen LogP contribution is -2.51. The molecule has 1 amide bonds. The molecule has 1 unspecified atom stereocenters. The van der Waals surface area contributed by atoms with E-state index in [1.807, 2.05) is 13.0 Å². The van der Waals surface area contributed by atoms with Crippen LogP contribution in [-0.2, 0) is 31.4 Å². The molecule has 7 atom stereocenters. The summed E-state index contributed by atoms with van der Waals surface area (Å²) in [5.41, 5.74) is 1.88. The van der Waals surface area contributed by atoms with Gasteiger partial charge >= 0.3 is 5.97 Å². The van der Waals surface area contributed by atoms with Gasteiger partial charge < -0.3 is 14.4 Å². The van der Waals surface area contributed by atoms with Gasteiger partial charge in [0, 0.05) is 31.3 Å². The second kappa shape index (κ2) is 11.5. The minimum atomic E-state index is -4.04. The number of fused-ring (bicyclic) bond motifs is 6. The lowest BCUT2D eigenvalue weighted by Gasteiger charge is -2.48. The van der Waals surface area contributed by atoms with Gasteiger partial charge in [0.2, 0.25) is 10.0 Å². The zero-order valence-electron chi connectivity index (χ0n) is 26.2. The van der Waals surface area contributed by atoms with E-state index in [0.29, 0.717) is 43.1 Å². The number of aromatic nitrogens is 1. The molecule has 1 aromatic heterocycles. The van der Waals surface area contributed by atoms with Crippen LogP contribution in [0.2, 0.25) is 5.02 Å². The minimum Gasteiger partial charge on any atom is -0.489 e. The zero-order valence-corrected chi connectivity index (χ0v) is 27.8. The maximum atomic E-state index is 15.3. The van der Waals surface area contributed by atoms with Gasteiger partial charge in [-0.2, -0.15) is 0 Å². The van der Waals surface area contributed by atoms with Crippen LogP contribution >= 0.6 is 11.6 Å². The van der Waals surface area contributed by atoms with Crippen molar-refractivity contribution in [2.75, 3.05) is 24.6 Å². The van der Waals surface area contributed by atoms with Crippen molar-refractivity contribution in [1.29, 1.82) is 0 Å². The molecule has 0 radical (unpaired) electrons. The van der Waals surface area contributed by atoms with Crippen LogP contribution < -0.4 is 14.4 Å². The van der Waals surface area contributed by atoms with Crippen LogP contribution in [0.1, 0.15) is 74.5 Å². The molecule has 246 valence electrons. The first-order chi connectivity index (χ1) is 21.9. The van der Waals surface area contributed by atoms with Crippen molar-refractivity contribution in [3.05, 3.63) is 63.6 Å². The molecule has 9 nitrogen and oxygen atoms in total. The van der Waals surface area contributed by atoms with Crippen molar-refractivity contribution in [3.8, 4) is 5.75 Å². The third-order valence-corrected chi connectivity index (χ3v) is 13.4. The molecular formula is C34H39ClFN3O6S. The van der Waals surface area contributed by atoms with Crippen molar-refractivity contribution < 1.29 is 31.9 Å². The Balaban J connectivity index is 1.33. The molecule has 2 aromatic rings. The van der Waals surface area contributed by atoms with Gasteiger partial charge in [0.25, 0.3) is 5.91 Å². The van der Waals surface area contributed by atoms with Gasteiger partial charge in [-0.3, -0.25) is 9.59 Å². The van der Waals surface area contributed by atoms with Crippen LogP contribution in [0.25, 0.3) is 0 Å². The number of ether oxygens (including phenoxy) is 2. The van der Waals surface area contributed by atoms with E-state index >= 15 is 4.39 Å². The van der Waals surface area contributed by atoms with E-state index in [0.717, 1.165) is 36.8 Å². The van der Waals surface area contributed by atoms with Gasteiger partial charge in [0.05, 0.1) is 16.9 Å². The number of pyridine rings is 1. The van der Waals surface area contributed by atoms with Crippen molar-refractivity contribution in [2.45, 2.75) is 76.1 Å². The first kappa shape index (κ1) is 31.4. The number of hydrogen-bond donors (Lipinski definition) is 1. The van der Waals surface area contributed by atoms with Gasteiger partial charge in [-0.05, 0) is 98.1 Å². The predicted octanol–water partition coefficient (Wildman–Crippen LogP) is 5.35. The Labute approximate surface area is 273 Å². The maximum Gasteiger partial charge on any atom is 0.303 e. The molecular weight excluding hydrogens is 633 g/mol. The van der Waals surface area contributed by atoms with Crippen molar-refractivity contribution in [3.63, 3.8) is 0 Å². The van der Waals surface area contributed by atoms with Gasteiger partial charge in [0.15, 0.2) is 11.6 Å². The number of nitrogens with one attached hydrogen (secondary N) is 1. The fraction of sp³-hybridized carbons (Fsp3) is 0.559. The molecule has 4 heterocycles. The van der Waals surface area contributed by atoms with E-state index in [9.17, 15) is 18.0 Å². The molecule has 46 heavy (non-hydrogen) atoms. The molecule has 6 aliphatic rings. The van der Waals surface area contributed by atoms with E-state index < -0.39 is 32.4 Å². The predicted molar refractivity (Wildman–Crippen MR) is 171 cm³/mol. The number of amides is 1. The number of allylic oxidation sites excluding steroid dienone is 1. The summed E-state index contributed by atoms with van der Waals surface area (Å²) in [5.74, 6) is -0.694. The number of sulfonamides is 1. The quantitative estimate of drug-likeness (QED) is 0.319. The molecule has 3 aliphatic carbocycles. The Bertz CT molecular complexity index is 1750. The van der Waals surface area contributed by atoms with Crippen LogP contribution in [0.15, 0.2) is 35.9 Å². The summed E-state index contributed by atoms with van der Waals surface area (Å²) in [4.78, 5) is 32.6. The lowest BCUT2D eigenvalue weighted by molar-refractivity contribution is -0.150. The Morgan fingerprint density at radius 3 is 2.72 bits per heavy atom. The normalized spacial score (nSPS) is 33.1. The van der Waals surface area contributed by atoms with Crippen molar-refractivity contribution in [1.82, 2.24) is 9.71 Å². The van der Waals surface area contributed by atoms with E-state index in [-0.39, 0.29) is 53.1 Å². The van der Waals surface area contributed by atoms with E-state index in [1.165, 1.54) is 13.0 Å². The number of carbonyl (C=O) groups excluding carboxylic acids is 2. The first-order valence-corrected chi connectivity index (χ1v) is 18.1. The molecule has 12 heteroatoms. The zero-order chi connectivity index (χ0) is 32.5. The Morgan fingerprint density at radius 1 is 1.22 bits per heavy atom. The minimum absolute atomic E-state index is 0.0203. The summed E-state index contributed by atoms with van der Waals surface area (Å²) in [6, 6.07) is 6.65. The van der Waals surface area contributed by atoms with E-state index in [2.05, 4.69) is 15.7 Å². The average molecular weight is 672 g/mol. The highest BCUT2D eigenvalue weighted by molar-refractivity contribution is 7.90. The van der Waals surface area contributed by atoms with Crippen LogP contribution in [-0.4, -0.2) is 56.3 Å². The fourth-order valence-electron chi connectivity index (χ4n) is 8.23. The largest absolute Gasteiger partial charge is 0.489 e. The topological polar surface area (TPSA) is 115 Å². The number of esters is 1. The highest BCUT2D eigenvalue weighted by Gasteiger charge is 2.48. The van der Waals surface area contributed by atoms with Crippen LogP contribution in [0.4, 0.5) is 10.2 Å². The fourth-order valence-corrected chi connectivity index (χ4v) is 9.72. The van der Waals surface area contributed by atoms with E-state index in [1.54, 1.807) is 19.1 Å². The number of rotatable bonds is 1. The SMILES string of the molecule is CC(=O)OC1C2=C[C@@H](C2)[C@H](C)[C@@H](C)S(=O)(=O)NC(=O)c2ccc3c(n2)N(C[C@@H]2CC[C@@H]12)C[C@@]1(CCCc2c1ccc(Cl)c2F)CO3. The standard InChI is InChI=1S/C34H39ClFN3O6S/c1-18-19(2)46(42,43)38-33(41)28-10-11-29-32(37-28)39(15-21-6-7-24(21)31(45-20(3)40)23-13-22(18)14-23)16-34(17-44-29)12-4-5-25-26(34)8-9-27(35)30(25)36/h8-11,13,18-19,21-22,24,31H,4-7,12,14-17H2,1-3H3,(H,38,41)/t18-,19-,21+,22+,24-,31?,34+/m1/s1. The molecule has 1 saturated carbocycles. The smallest absolute Gasteiger partial charge is 0.303 e. The summed E-state index contributed by atoms with van der Waals surface area (Å²) in [7, 11) is -4.04. The number of nitrogens with zero attached hydrogens (tertiary/aromatic N) is 2. The average Bonchev–Trinajstić information content (AvgIpc) is 3.12. The summed E-state index contributed by atoms with van der Waals surface area (Å²) >= 11 is 6.20. The highest BCUT2D eigenvalue weighted by Crippen LogP contribution is 2.49. The Kier molecular flexibility index (Phi) is 7.86. The van der Waals surface area contributed by atoms with Crippen LogP contribution in [0, 0.1) is 29.5 Å². The number of anilines is 1. The van der Waals surface area contributed by atoms with E-state index in [4.69, 9.17) is 26.1 Å². The molecule has 8 rings (SSSR count). The molecule has 1 fully saturated rings. The second-order valence-corrected chi connectivity index (χ2v) is 16.3. The number of benzene rings is 1. The lowest BCUT2D eigenvalue weighted by atomic mass is 9.64. The van der Waals surface area contributed by atoms with Gasteiger partial charge in [0.1, 0.15) is 17.6 Å². The Morgan fingerprint density at radius 2 is 2.00 bits per heavy atom. The van der Waals surface area contributed by atoms with Gasteiger partial charge in [-0.1, -0.05) is 30.7 Å². The summed E-state index contributed by atoms with van der Waals surface area (Å²) in [6.07, 6.45) is 6.20. The molecule has 1 aromatic carbocycles. The molecule has 3 aliphatic heterocycles. The third kappa shape index (κ3) is 5.27. The summed E-state index contributed by atoms with van der Waals surface area (Å²) in [6.45, 7) is 6.18. The van der Waals surface area contributed by atoms with Crippen molar-refractivity contribution in [2.24, 2.45) is 23.7 Å². The highest BCUT2D eigenvalue weighted by atomic mass is 35.5. The maximum absolute atomic E-state index is 15.3. The van der Waals surface area contributed by atoms with Crippen molar-refractivity contribution >= 4 is 39.3 Å². The first-order valence-electron chi connectivity index (χ1n) is 16.2.